The Morgan fingerprint density at radius 3 is 2.41 bits per heavy atom. The van der Waals surface area contributed by atoms with E-state index in [2.05, 4.69) is 51.9 Å². The molecule has 0 spiro atoms. The summed E-state index contributed by atoms with van der Waals surface area (Å²) >= 11 is 14.1. The minimum absolute atomic E-state index is 0.133. The number of methoxy groups -OCH3 is 1. The first-order valence-electron chi connectivity index (χ1n) is 17.9. The van der Waals surface area contributed by atoms with Crippen molar-refractivity contribution in [3.05, 3.63) is 136 Å². The smallest absolute Gasteiger partial charge is 0.298 e. The molecular formula is C43H41Cl2N5O4. The zero-order valence-corrected chi connectivity index (χ0v) is 31.7. The van der Waals surface area contributed by atoms with Crippen molar-refractivity contribution >= 4 is 46.5 Å². The minimum atomic E-state index is 0.133. The third-order valence-corrected chi connectivity index (χ3v) is 10.6. The quantitative estimate of drug-likeness (QED) is 0.102. The summed E-state index contributed by atoms with van der Waals surface area (Å²) in [5.74, 6) is 1.39. The van der Waals surface area contributed by atoms with Gasteiger partial charge in [-0.3, -0.25) is 19.2 Å². The third kappa shape index (κ3) is 8.45. The van der Waals surface area contributed by atoms with Gasteiger partial charge in [0.15, 0.2) is 0 Å². The van der Waals surface area contributed by atoms with E-state index in [4.69, 9.17) is 37.8 Å². The molecule has 1 aliphatic rings. The van der Waals surface area contributed by atoms with Gasteiger partial charge in [-0.2, -0.15) is 5.10 Å². The first kappa shape index (κ1) is 37.1. The first-order valence-corrected chi connectivity index (χ1v) is 18.6. The number of hydrogen-bond acceptors (Lipinski definition) is 7. The van der Waals surface area contributed by atoms with Gasteiger partial charge in [-0.25, -0.2) is 0 Å². The molecule has 5 aromatic carbocycles. The maximum Gasteiger partial charge on any atom is 0.298 e. The number of hydrogen-bond donors (Lipinski definition) is 2. The van der Waals surface area contributed by atoms with Crippen LogP contribution in [0.25, 0.3) is 33.2 Å². The van der Waals surface area contributed by atoms with Crippen LogP contribution in [0.3, 0.4) is 0 Å². The van der Waals surface area contributed by atoms with Crippen LogP contribution in [-0.4, -0.2) is 53.8 Å². The van der Waals surface area contributed by atoms with Crippen LogP contribution in [-0.2, 0) is 35.8 Å². The molecule has 1 atom stereocenters. The molecule has 9 nitrogen and oxygen atoms in total. The number of carbonyl (C=O) groups is 2. The third-order valence-electron chi connectivity index (χ3n) is 9.82. The van der Waals surface area contributed by atoms with Gasteiger partial charge >= 0.3 is 0 Å². The fourth-order valence-electron chi connectivity index (χ4n) is 7.07. The van der Waals surface area contributed by atoms with Gasteiger partial charge in [0.1, 0.15) is 11.5 Å². The number of nitrogens with zero attached hydrogens (tertiary/aromatic N) is 3. The second-order valence-corrected chi connectivity index (χ2v) is 14.4. The Labute approximate surface area is 324 Å². The molecule has 0 unspecified atom stereocenters. The second-order valence-electron chi connectivity index (χ2n) is 13.6. The van der Waals surface area contributed by atoms with Gasteiger partial charge in [0.25, 0.3) is 6.47 Å². The van der Waals surface area contributed by atoms with Gasteiger partial charge in [0.2, 0.25) is 5.91 Å². The predicted octanol–water partition coefficient (Wildman–Crippen LogP) is 8.27. The molecule has 1 aliphatic heterocycles. The van der Waals surface area contributed by atoms with Crippen molar-refractivity contribution in [1.82, 2.24) is 25.3 Å². The highest BCUT2D eigenvalue weighted by atomic mass is 35.5. The van der Waals surface area contributed by atoms with Gasteiger partial charge in [-0.05, 0) is 71.6 Å². The van der Waals surface area contributed by atoms with E-state index in [9.17, 15) is 9.59 Å². The Bertz CT molecular complexity index is 2270. The SMILES string of the molecule is COc1cc(Cn2ncc3c(-c4cccc(-c5ccc(CNC[C@@H]6CCC(=O)N6)cc5)c4Cl)cccc32)c(Cl)cc1CN(C)Cc1ccc(OC=O)cc1. The molecule has 0 saturated carbocycles. The molecule has 7 rings (SSSR count). The summed E-state index contributed by atoms with van der Waals surface area (Å²) in [5, 5.41) is 13.5. The van der Waals surface area contributed by atoms with Crippen LogP contribution >= 0.6 is 23.2 Å². The maximum atomic E-state index is 11.5. The van der Waals surface area contributed by atoms with Crippen LogP contribution in [0.4, 0.5) is 0 Å². The second kappa shape index (κ2) is 16.9. The summed E-state index contributed by atoms with van der Waals surface area (Å²) in [5.41, 5.74) is 9.00. The molecule has 54 heavy (non-hydrogen) atoms. The highest BCUT2D eigenvalue weighted by molar-refractivity contribution is 6.36. The molecular weight excluding hydrogens is 721 g/mol. The summed E-state index contributed by atoms with van der Waals surface area (Å²) < 4.78 is 12.7. The molecule has 6 aromatic rings. The number of halogens is 2. The first-order chi connectivity index (χ1) is 26.3. The van der Waals surface area contributed by atoms with Gasteiger partial charge in [0, 0.05) is 65.7 Å². The van der Waals surface area contributed by atoms with Crippen molar-refractivity contribution in [1.29, 1.82) is 0 Å². The number of rotatable bonds is 15. The largest absolute Gasteiger partial charge is 0.496 e. The number of ether oxygens (including phenoxy) is 2. The lowest BCUT2D eigenvalue weighted by Crippen LogP contribution is -2.35. The van der Waals surface area contributed by atoms with E-state index in [1.807, 2.05) is 66.5 Å². The van der Waals surface area contributed by atoms with Gasteiger partial charge in [0.05, 0.1) is 30.4 Å². The Hall–Kier alpha value is -5.19. The van der Waals surface area contributed by atoms with E-state index in [1.165, 1.54) is 5.56 Å². The molecule has 0 bridgehead atoms. The van der Waals surface area contributed by atoms with E-state index in [0.29, 0.717) is 48.3 Å². The summed E-state index contributed by atoms with van der Waals surface area (Å²) in [4.78, 5) is 24.3. The number of nitrogens with one attached hydrogen (secondary N) is 2. The van der Waals surface area contributed by atoms with Gasteiger partial charge in [-0.1, -0.05) is 89.9 Å². The lowest BCUT2D eigenvalue weighted by atomic mass is 9.96. The molecule has 0 aliphatic carbocycles. The van der Waals surface area contributed by atoms with E-state index in [1.54, 1.807) is 19.2 Å². The maximum absolute atomic E-state index is 11.5. The summed E-state index contributed by atoms with van der Waals surface area (Å²) in [7, 11) is 3.70. The number of carbonyl (C=O) groups excluding carboxylic acids is 2. The van der Waals surface area contributed by atoms with Crippen LogP contribution in [0.15, 0.2) is 103 Å². The van der Waals surface area contributed by atoms with E-state index < -0.39 is 0 Å². The average Bonchev–Trinajstić information content (AvgIpc) is 3.79. The number of aromatic nitrogens is 2. The van der Waals surface area contributed by atoms with Crippen LogP contribution in [0.2, 0.25) is 10.0 Å². The molecule has 1 saturated heterocycles. The summed E-state index contributed by atoms with van der Waals surface area (Å²) in [6.07, 6.45) is 3.38. The van der Waals surface area contributed by atoms with Crippen molar-refractivity contribution in [2.45, 2.75) is 45.1 Å². The average molecular weight is 763 g/mol. The van der Waals surface area contributed by atoms with E-state index >= 15 is 0 Å². The monoisotopic (exact) mass is 761 g/mol. The Morgan fingerprint density at radius 1 is 0.926 bits per heavy atom. The summed E-state index contributed by atoms with van der Waals surface area (Å²) in [6, 6.07) is 32.3. The normalized spacial score (nSPS) is 14.1. The molecule has 1 amide bonds. The molecule has 2 heterocycles. The zero-order chi connectivity index (χ0) is 37.6. The van der Waals surface area contributed by atoms with Crippen LogP contribution in [0.1, 0.15) is 35.1 Å². The molecule has 0 radical (unpaired) electrons. The Kier molecular flexibility index (Phi) is 11.6. The summed E-state index contributed by atoms with van der Waals surface area (Å²) in [6.45, 7) is 3.67. The Balaban J connectivity index is 1.06. The molecule has 276 valence electrons. The van der Waals surface area contributed by atoms with Crippen molar-refractivity contribution in [3.8, 4) is 33.8 Å². The van der Waals surface area contributed by atoms with Gasteiger partial charge < -0.3 is 20.1 Å². The van der Waals surface area contributed by atoms with Crippen molar-refractivity contribution in [2.75, 3.05) is 20.7 Å². The van der Waals surface area contributed by atoms with Crippen LogP contribution in [0.5, 0.6) is 11.5 Å². The van der Waals surface area contributed by atoms with E-state index in [0.717, 1.165) is 75.1 Å². The fraction of sp³-hybridized carbons (Fsp3) is 0.233. The van der Waals surface area contributed by atoms with Crippen molar-refractivity contribution < 1.29 is 19.1 Å². The molecule has 2 N–H and O–H groups in total. The lowest BCUT2D eigenvalue weighted by molar-refractivity contribution is -0.121. The van der Waals surface area contributed by atoms with Crippen molar-refractivity contribution in [2.24, 2.45) is 0 Å². The van der Waals surface area contributed by atoms with Crippen LogP contribution < -0.4 is 20.1 Å². The van der Waals surface area contributed by atoms with Gasteiger partial charge in [-0.15, -0.1) is 0 Å². The van der Waals surface area contributed by atoms with Crippen LogP contribution in [0, 0.1) is 0 Å². The standard InChI is InChI=1S/C43H41Cl2N5O4/c1-49(24-29-11-16-34(17-12-29)54-27-51)25-32-19-39(44)31(20-41(32)53-2)26-50-40-8-4-6-36(38(40)23-47-50)37-7-3-5-35(43(37)45)30-13-9-28(10-14-30)21-46-22-33-15-18-42(52)48-33/h3-14,16-17,19-20,23,27,33,46H,15,18,21-22,24-26H2,1-2H3,(H,48,52)/t33-/m0/s1. The molecule has 11 heteroatoms. The Morgan fingerprint density at radius 2 is 1.67 bits per heavy atom. The zero-order valence-electron chi connectivity index (χ0n) is 30.1. The topological polar surface area (TPSA) is 97.7 Å². The lowest BCUT2D eigenvalue weighted by Gasteiger charge is -2.20. The predicted molar refractivity (Wildman–Crippen MR) is 214 cm³/mol. The number of amides is 1. The number of fused-ring (bicyclic) bond motifs is 1. The molecule has 1 aromatic heterocycles. The minimum Gasteiger partial charge on any atom is -0.496 e. The highest BCUT2D eigenvalue weighted by Crippen LogP contribution is 2.39. The fourth-order valence-corrected chi connectivity index (χ4v) is 7.65. The van der Waals surface area contributed by atoms with Crippen molar-refractivity contribution in [3.63, 3.8) is 0 Å². The highest BCUT2D eigenvalue weighted by Gasteiger charge is 2.20. The van der Waals surface area contributed by atoms with E-state index in [-0.39, 0.29) is 11.9 Å². The molecule has 1 fully saturated rings. The number of benzene rings is 5.